The quantitative estimate of drug-likeness (QED) is 0.700. The molecule has 1 N–H and O–H groups in total. The zero-order chi connectivity index (χ0) is 18.2. The van der Waals surface area contributed by atoms with Crippen molar-refractivity contribution in [3.8, 4) is 11.8 Å². The first kappa shape index (κ1) is 17.4. The minimum absolute atomic E-state index is 0.258. The lowest BCUT2D eigenvalue weighted by Crippen LogP contribution is -2.00. The molecular weight excluding hydrogens is 328 g/mol. The van der Waals surface area contributed by atoms with Crippen molar-refractivity contribution in [1.82, 2.24) is 9.97 Å². The molecule has 1 heterocycles. The number of aromatic nitrogens is 2. The predicted octanol–water partition coefficient (Wildman–Crippen LogP) is 3.82. The molecule has 6 heteroatoms. The zero-order valence-corrected chi connectivity index (χ0v) is 14.3. The lowest BCUT2D eigenvalue weighted by Gasteiger charge is -2.09. The maximum absolute atomic E-state index is 9.09. The van der Waals surface area contributed by atoms with Gasteiger partial charge in [-0.15, -0.1) is 0 Å². The first-order valence-corrected chi connectivity index (χ1v) is 8.06. The van der Waals surface area contributed by atoms with Gasteiger partial charge in [-0.2, -0.15) is 5.26 Å². The van der Waals surface area contributed by atoms with Gasteiger partial charge in [-0.3, -0.25) is 0 Å². The van der Waals surface area contributed by atoms with E-state index in [-0.39, 0.29) is 5.69 Å². The Morgan fingerprint density at radius 2 is 1.77 bits per heavy atom. The molecule has 0 unspecified atom stereocenters. The van der Waals surface area contributed by atoms with Crippen LogP contribution in [0.3, 0.4) is 0 Å². The molecule has 0 fully saturated rings. The summed E-state index contributed by atoms with van der Waals surface area (Å²) >= 11 is 0. The van der Waals surface area contributed by atoms with Gasteiger partial charge in [-0.25, -0.2) is 9.97 Å². The third-order valence-corrected chi connectivity index (χ3v) is 3.69. The van der Waals surface area contributed by atoms with E-state index >= 15 is 0 Å². The highest BCUT2D eigenvalue weighted by Crippen LogP contribution is 2.19. The van der Waals surface area contributed by atoms with E-state index in [0.717, 1.165) is 22.6 Å². The zero-order valence-electron chi connectivity index (χ0n) is 14.3. The van der Waals surface area contributed by atoms with Gasteiger partial charge in [0.1, 0.15) is 11.8 Å². The fourth-order valence-corrected chi connectivity index (χ4v) is 2.40. The first-order chi connectivity index (χ1) is 12.8. The van der Waals surface area contributed by atoms with Gasteiger partial charge in [-0.05, 0) is 35.4 Å². The summed E-state index contributed by atoms with van der Waals surface area (Å²) in [6.07, 6.45) is 3.04. The number of nitriles is 1. The highest BCUT2D eigenvalue weighted by Gasteiger charge is 2.05. The minimum Gasteiger partial charge on any atom is -0.497 e. The Balaban J connectivity index is 1.59. The molecule has 0 atom stereocenters. The summed E-state index contributed by atoms with van der Waals surface area (Å²) in [4.78, 5) is 8.14. The van der Waals surface area contributed by atoms with E-state index in [1.165, 1.54) is 6.20 Å². The summed E-state index contributed by atoms with van der Waals surface area (Å²) in [6, 6.07) is 17.6. The Morgan fingerprint density at radius 1 is 1.00 bits per heavy atom. The van der Waals surface area contributed by atoms with Gasteiger partial charge in [0, 0.05) is 18.1 Å². The molecule has 0 saturated carbocycles. The van der Waals surface area contributed by atoms with Gasteiger partial charge in [0.05, 0.1) is 20.3 Å². The van der Waals surface area contributed by atoms with Crippen molar-refractivity contribution < 1.29 is 9.47 Å². The summed E-state index contributed by atoms with van der Waals surface area (Å²) in [5.74, 6) is 1.26. The number of benzene rings is 2. The second-order valence-corrected chi connectivity index (χ2v) is 5.53. The standard InChI is InChI=1S/C20H18N4O2/c1-25-18-7-5-15(6-8-18)13-26-14-16-3-2-4-17(11-16)24-20-19(12-21)22-9-10-23-20/h2-11H,13-14H2,1H3,(H,23,24). The summed E-state index contributed by atoms with van der Waals surface area (Å²) in [5.41, 5.74) is 3.19. The van der Waals surface area contributed by atoms with Crippen LogP contribution in [0, 0.1) is 11.3 Å². The van der Waals surface area contributed by atoms with Crippen molar-refractivity contribution >= 4 is 11.5 Å². The van der Waals surface area contributed by atoms with Crippen LogP contribution in [-0.4, -0.2) is 17.1 Å². The Labute approximate surface area is 152 Å². The number of ether oxygens (including phenoxy) is 2. The van der Waals surface area contributed by atoms with Crippen molar-refractivity contribution in [2.24, 2.45) is 0 Å². The number of nitrogens with one attached hydrogen (secondary N) is 1. The van der Waals surface area contributed by atoms with E-state index in [4.69, 9.17) is 14.7 Å². The second kappa shape index (κ2) is 8.60. The maximum Gasteiger partial charge on any atom is 0.183 e. The maximum atomic E-state index is 9.09. The highest BCUT2D eigenvalue weighted by atomic mass is 16.5. The third-order valence-electron chi connectivity index (χ3n) is 3.69. The van der Waals surface area contributed by atoms with Crippen LogP contribution in [0.4, 0.5) is 11.5 Å². The SMILES string of the molecule is COc1ccc(COCc2cccc(Nc3nccnc3C#N)c2)cc1. The molecule has 3 rings (SSSR count). The molecule has 0 radical (unpaired) electrons. The van der Waals surface area contributed by atoms with Gasteiger partial charge < -0.3 is 14.8 Å². The van der Waals surface area contributed by atoms with Gasteiger partial charge in [0.2, 0.25) is 0 Å². The van der Waals surface area contributed by atoms with Crippen molar-refractivity contribution in [2.45, 2.75) is 13.2 Å². The lowest BCUT2D eigenvalue weighted by molar-refractivity contribution is 0.107. The number of hydrogen-bond donors (Lipinski definition) is 1. The fourth-order valence-electron chi connectivity index (χ4n) is 2.40. The molecule has 0 spiro atoms. The smallest absolute Gasteiger partial charge is 0.183 e. The fraction of sp³-hybridized carbons (Fsp3) is 0.150. The number of rotatable bonds is 7. The Kier molecular flexibility index (Phi) is 5.76. The molecule has 0 aliphatic carbocycles. The van der Waals surface area contributed by atoms with Gasteiger partial charge in [0.25, 0.3) is 0 Å². The molecule has 2 aromatic carbocycles. The second-order valence-electron chi connectivity index (χ2n) is 5.53. The van der Waals surface area contributed by atoms with Crippen LogP contribution < -0.4 is 10.1 Å². The summed E-state index contributed by atoms with van der Waals surface area (Å²) in [7, 11) is 1.65. The molecule has 6 nitrogen and oxygen atoms in total. The topological polar surface area (TPSA) is 80.1 Å². The van der Waals surface area contributed by atoms with Crippen LogP contribution in [0.25, 0.3) is 0 Å². The Hall–Kier alpha value is -3.43. The molecule has 0 saturated heterocycles. The predicted molar refractivity (Wildman–Crippen MR) is 98.0 cm³/mol. The van der Waals surface area contributed by atoms with Crippen molar-refractivity contribution in [2.75, 3.05) is 12.4 Å². The average Bonchev–Trinajstić information content (AvgIpc) is 2.69. The van der Waals surface area contributed by atoms with Gasteiger partial charge in [0.15, 0.2) is 11.5 Å². The molecule has 0 amide bonds. The molecule has 26 heavy (non-hydrogen) atoms. The molecule has 1 aromatic heterocycles. The van der Waals surface area contributed by atoms with Crippen LogP contribution in [0.15, 0.2) is 60.9 Å². The minimum atomic E-state index is 0.258. The van der Waals surface area contributed by atoms with Crippen LogP contribution in [0.5, 0.6) is 5.75 Å². The normalized spacial score (nSPS) is 10.2. The van der Waals surface area contributed by atoms with E-state index in [1.807, 2.05) is 54.6 Å². The molecule has 0 aliphatic heterocycles. The summed E-state index contributed by atoms with van der Waals surface area (Å²) in [5, 5.41) is 12.2. The van der Waals surface area contributed by atoms with Gasteiger partial charge >= 0.3 is 0 Å². The highest BCUT2D eigenvalue weighted by molar-refractivity contribution is 5.61. The molecule has 0 aliphatic rings. The molecule has 3 aromatic rings. The number of anilines is 2. The third kappa shape index (κ3) is 4.56. The van der Waals surface area contributed by atoms with Crippen LogP contribution >= 0.6 is 0 Å². The number of hydrogen-bond acceptors (Lipinski definition) is 6. The van der Waals surface area contributed by atoms with E-state index in [0.29, 0.717) is 19.0 Å². The van der Waals surface area contributed by atoms with Crippen molar-refractivity contribution in [1.29, 1.82) is 5.26 Å². The van der Waals surface area contributed by atoms with Crippen LogP contribution in [0.2, 0.25) is 0 Å². The van der Waals surface area contributed by atoms with E-state index < -0.39 is 0 Å². The van der Waals surface area contributed by atoms with E-state index in [1.54, 1.807) is 13.3 Å². The lowest BCUT2D eigenvalue weighted by atomic mass is 10.2. The number of methoxy groups -OCH3 is 1. The van der Waals surface area contributed by atoms with Gasteiger partial charge in [-0.1, -0.05) is 24.3 Å². The van der Waals surface area contributed by atoms with Crippen LogP contribution in [-0.2, 0) is 18.0 Å². The molecule has 130 valence electrons. The summed E-state index contributed by atoms with van der Waals surface area (Å²) in [6.45, 7) is 0.998. The average molecular weight is 346 g/mol. The monoisotopic (exact) mass is 346 g/mol. The van der Waals surface area contributed by atoms with Crippen LogP contribution in [0.1, 0.15) is 16.8 Å². The van der Waals surface area contributed by atoms with E-state index in [2.05, 4.69) is 15.3 Å². The van der Waals surface area contributed by atoms with Crippen molar-refractivity contribution in [3.63, 3.8) is 0 Å². The van der Waals surface area contributed by atoms with Crippen molar-refractivity contribution in [3.05, 3.63) is 77.7 Å². The largest absolute Gasteiger partial charge is 0.497 e. The first-order valence-electron chi connectivity index (χ1n) is 8.06. The number of nitrogens with zero attached hydrogens (tertiary/aromatic N) is 3. The molecule has 0 bridgehead atoms. The Bertz CT molecular complexity index is 904. The van der Waals surface area contributed by atoms with E-state index in [9.17, 15) is 0 Å². The molecular formula is C20H18N4O2. The summed E-state index contributed by atoms with van der Waals surface area (Å²) < 4.78 is 10.9. The Morgan fingerprint density at radius 3 is 2.54 bits per heavy atom.